The Hall–Kier alpha value is -0.310. The molecule has 0 atom stereocenters. The van der Waals surface area contributed by atoms with Crippen LogP contribution in [0.25, 0.3) is 0 Å². The Balaban J connectivity index is 3.75. The summed E-state index contributed by atoms with van der Waals surface area (Å²) in [6.07, 6.45) is 1.92. The lowest BCUT2D eigenvalue weighted by Crippen LogP contribution is -2.19. The SMILES string of the molecule is [2H]C([2H])([2H])C(n1cnc(Br)c1)(C([2H])([2H])[2H])C([2H])([2H])[2H]. The van der Waals surface area contributed by atoms with Gasteiger partial charge in [-0.2, -0.15) is 0 Å². The number of aromatic nitrogens is 2. The maximum atomic E-state index is 7.44. The fraction of sp³-hybridized carbons (Fsp3) is 0.571. The van der Waals surface area contributed by atoms with Crippen LogP contribution in [0.1, 0.15) is 32.9 Å². The van der Waals surface area contributed by atoms with E-state index in [2.05, 4.69) is 20.9 Å². The molecule has 0 saturated heterocycles. The quantitative estimate of drug-likeness (QED) is 0.645. The van der Waals surface area contributed by atoms with Crippen molar-refractivity contribution in [3.8, 4) is 0 Å². The van der Waals surface area contributed by atoms with Crippen LogP contribution in [0.3, 0.4) is 0 Å². The van der Waals surface area contributed by atoms with E-state index in [1.54, 1.807) is 0 Å². The van der Waals surface area contributed by atoms with Gasteiger partial charge in [0, 0.05) is 24.1 Å². The topological polar surface area (TPSA) is 17.8 Å². The van der Waals surface area contributed by atoms with Crippen LogP contribution in [0, 0.1) is 0 Å². The second-order valence-electron chi connectivity index (χ2n) is 1.81. The molecule has 1 rings (SSSR count). The van der Waals surface area contributed by atoms with E-state index in [9.17, 15) is 0 Å². The first kappa shape index (κ1) is 2.09. The molecule has 3 heteroatoms. The summed E-state index contributed by atoms with van der Waals surface area (Å²) in [6, 6.07) is 0. The highest BCUT2D eigenvalue weighted by atomic mass is 79.9. The zero-order valence-corrected chi connectivity index (χ0v) is 6.51. The molecule has 1 aromatic rings. The van der Waals surface area contributed by atoms with Gasteiger partial charge in [0.2, 0.25) is 0 Å². The fourth-order valence-electron chi connectivity index (χ4n) is 0.482. The molecular weight excluding hydrogens is 192 g/mol. The van der Waals surface area contributed by atoms with Gasteiger partial charge in [-0.1, -0.05) is 0 Å². The minimum atomic E-state index is -3.27. The molecule has 0 aliphatic heterocycles. The van der Waals surface area contributed by atoms with Crippen molar-refractivity contribution in [2.45, 2.75) is 26.1 Å². The van der Waals surface area contributed by atoms with E-state index in [4.69, 9.17) is 12.3 Å². The van der Waals surface area contributed by atoms with E-state index >= 15 is 0 Å². The summed E-state index contributed by atoms with van der Waals surface area (Å²) in [5.41, 5.74) is -3.05. The van der Waals surface area contributed by atoms with Gasteiger partial charge in [-0.15, -0.1) is 0 Å². The third-order valence-electron chi connectivity index (χ3n) is 0.938. The fourth-order valence-corrected chi connectivity index (χ4v) is 0.794. The van der Waals surface area contributed by atoms with E-state index in [0.29, 0.717) is 4.57 Å². The molecule has 0 saturated carbocycles. The number of nitrogens with zero attached hydrogens (tertiary/aromatic N) is 2. The van der Waals surface area contributed by atoms with Crippen LogP contribution < -0.4 is 0 Å². The van der Waals surface area contributed by atoms with Crippen molar-refractivity contribution in [1.29, 1.82) is 0 Å². The normalized spacial score (nSPS) is 29.1. The van der Waals surface area contributed by atoms with Gasteiger partial charge in [0.15, 0.2) is 0 Å². The van der Waals surface area contributed by atoms with Crippen LogP contribution >= 0.6 is 15.9 Å². The van der Waals surface area contributed by atoms with Gasteiger partial charge in [-0.25, -0.2) is 4.98 Å². The molecule has 0 aromatic carbocycles. The van der Waals surface area contributed by atoms with Crippen molar-refractivity contribution in [2.75, 3.05) is 0 Å². The second kappa shape index (κ2) is 2.38. The molecule has 0 unspecified atom stereocenters. The second-order valence-corrected chi connectivity index (χ2v) is 2.63. The molecule has 1 aromatic heterocycles. The Morgan fingerprint density at radius 1 is 1.70 bits per heavy atom. The molecule has 0 radical (unpaired) electrons. The molecule has 2 nitrogen and oxygen atoms in total. The average Bonchev–Trinajstić information content (AvgIpc) is 2.43. The molecule has 1 heterocycles. The van der Waals surface area contributed by atoms with Crippen molar-refractivity contribution < 1.29 is 12.3 Å². The van der Waals surface area contributed by atoms with Crippen LogP contribution in [0.5, 0.6) is 0 Å². The summed E-state index contributed by atoms with van der Waals surface area (Å²) in [5.74, 6) is 0. The van der Waals surface area contributed by atoms with Gasteiger partial charge in [0.1, 0.15) is 4.60 Å². The highest BCUT2D eigenvalue weighted by Gasteiger charge is 2.11. The summed E-state index contributed by atoms with van der Waals surface area (Å²) in [5, 5.41) is 0. The molecule has 10 heavy (non-hydrogen) atoms. The van der Waals surface area contributed by atoms with Crippen LogP contribution in [-0.2, 0) is 5.54 Å². The molecule has 0 fully saturated rings. The summed E-state index contributed by atoms with van der Waals surface area (Å²) in [7, 11) is 0. The molecule has 0 bridgehead atoms. The van der Waals surface area contributed by atoms with Gasteiger partial charge in [0.05, 0.1) is 6.33 Å². The first-order chi connectivity index (χ1) is 8.25. The molecule has 0 aliphatic carbocycles. The maximum absolute atomic E-state index is 7.44. The smallest absolute Gasteiger partial charge is 0.124 e. The van der Waals surface area contributed by atoms with E-state index in [0.717, 1.165) is 12.5 Å². The van der Waals surface area contributed by atoms with Crippen LogP contribution in [0.4, 0.5) is 0 Å². The van der Waals surface area contributed by atoms with Crippen molar-refractivity contribution in [2.24, 2.45) is 0 Å². The monoisotopic (exact) mass is 211 g/mol. The Kier molecular flexibility index (Phi) is 0.499. The van der Waals surface area contributed by atoms with Gasteiger partial charge < -0.3 is 4.57 Å². The molecule has 0 aliphatic rings. The lowest BCUT2D eigenvalue weighted by molar-refractivity contribution is 0.396. The Bertz CT molecular complexity index is 418. The Morgan fingerprint density at radius 2 is 2.40 bits per heavy atom. The average molecular weight is 212 g/mol. The number of imidazole rings is 1. The van der Waals surface area contributed by atoms with Crippen molar-refractivity contribution in [1.82, 2.24) is 9.55 Å². The van der Waals surface area contributed by atoms with Crippen LogP contribution in [0.2, 0.25) is 0 Å². The van der Waals surface area contributed by atoms with Crippen LogP contribution in [-0.4, -0.2) is 9.55 Å². The molecule has 0 N–H and O–H groups in total. The first-order valence-corrected chi connectivity index (χ1v) is 3.24. The largest absolute Gasteiger partial charge is 0.331 e. The van der Waals surface area contributed by atoms with Gasteiger partial charge in [0.25, 0.3) is 0 Å². The number of hydrogen-bond acceptors (Lipinski definition) is 1. The summed E-state index contributed by atoms with van der Waals surface area (Å²) in [6.45, 7) is -9.82. The summed E-state index contributed by atoms with van der Waals surface area (Å²) in [4.78, 5) is 3.65. The third kappa shape index (κ3) is 1.59. The van der Waals surface area contributed by atoms with Gasteiger partial charge >= 0.3 is 0 Å². The Labute approximate surface area is 82.0 Å². The molecule has 0 spiro atoms. The standard InChI is InChI=1S/C7H11BrN2/c1-7(2,3)10-4-6(8)9-5-10/h4-5H,1-3H3/i1D3,2D3,3D3. The minimum absolute atomic E-state index is 0.148. The lowest BCUT2D eigenvalue weighted by atomic mass is 10.1. The number of rotatable bonds is 0. The minimum Gasteiger partial charge on any atom is -0.331 e. The highest BCUT2D eigenvalue weighted by molar-refractivity contribution is 9.10. The first-order valence-electron chi connectivity index (χ1n) is 6.95. The van der Waals surface area contributed by atoms with Crippen LogP contribution in [0.15, 0.2) is 17.1 Å². The van der Waals surface area contributed by atoms with E-state index in [1.807, 2.05) is 0 Å². The summed E-state index contributed by atoms with van der Waals surface area (Å²) < 4.78 is 67.8. The molecule has 56 valence electrons. The van der Waals surface area contributed by atoms with E-state index < -0.39 is 26.1 Å². The zero-order valence-electron chi connectivity index (χ0n) is 13.9. The van der Waals surface area contributed by atoms with E-state index in [1.165, 1.54) is 0 Å². The van der Waals surface area contributed by atoms with E-state index in [-0.39, 0.29) is 4.60 Å². The lowest BCUT2D eigenvalue weighted by Gasteiger charge is -2.19. The third-order valence-corrected chi connectivity index (χ3v) is 1.35. The molecular formula is C7H11BrN2. The Morgan fingerprint density at radius 3 is 2.80 bits per heavy atom. The van der Waals surface area contributed by atoms with Crippen molar-refractivity contribution in [3.05, 3.63) is 17.1 Å². The number of hydrogen-bond donors (Lipinski definition) is 0. The number of halogens is 1. The van der Waals surface area contributed by atoms with Crippen molar-refractivity contribution >= 4 is 15.9 Å². The van der Waals surface area contributed by atoms with Crippen molar-refractivity contribution in [3.63, 3.8) is 0 Å². The predicted octanol–water partition coefficient (Wildman–Crippen LogP) is 2.40. The zero-order chi connectivity index (χ0) is 15.3. The molecule has 0 amide bonds. The summed E-state index contributed by atoms with van der Waals surface area (Å²) >= 11 is 2.94. The highest BCUT2D eigenvalue weighted by Crippen LogP contribution is 2.15. The van der Waals surface area contributed by atoms with Gasteiger partial charge in [-0.3, -0.25) is 0 Å². The predicted molar refractivity (Wildman–Crippen MR) is 44.9 cm³/mol. The maximum Gasteiger partial charge on any atom is 0.124 e. The van der Waals surface area contributed by atoms with Gasteiger partial charge in [-0.05, 0) is 36.5 Å².